The van der Waals surface area contributed by atoms with E-state index in [4.69, 9.17) is 0 Å². The molecule has 0 fully saturated rings. The van der Waals surface area contributed by atoms with E-state index in [1.165, 1.54) is 10.6 Å². The van der Waals surface area contributed by atoms with Gasteiger partial charge in [0.15, 0.2) is 9.84 Å². The topological polar surface area (TPSA) is 118 Å². The second-order valence-corrected chi connectivity index (χ2v) is 8.51. The largest absolute Gasteiger partial charge is 0.349 e. The van der Waals surface area contributed by atoms with E-state index >= 15 is 0 Å². The molecule has 0 aliphatic carbocycles. The summed E-state index contributed by atoms with van der Waals surface area (Å²) >= 11 is 0. The summed E-state index contributed by atoms with van der Waals surface area (Å²) in [6.07, 6.45) is 3.60. The molecule has 2 N–H and O–H groups in total. The van der Waals surface area contributed by atoms with E-state index in [9.17, 15) is 22.8 Å². The maximum Gasteiger partial charge on any atom is 0.328 e. The van der Waals surface area contributed by atoms with E-state index in [0.717, 1.165) is 5.41 Å². The lowest BCUT2D eigenvalue weighted by atomic mass is 10.1. The Morgan fingerprint density at radius 1 is 1.19 bits per heavy atom. The molecule has 2 heterocycles. The number of benzene rings is 1. The van der Waals surface area contributed by atoms with Gasteiger partial charge in [-0.1, -0.05) is 18.6 Å². The van der Waals surface area contributed by atoms with Crippen LogP contribution in [0.5, 0.6) is 0 Å². The van der Waals surface area contributed by atoms with Gasteiger partial charge in [0.05, 0.1) is 22.7 Å². The average molecular weight is 391 g/mol. The van der Waals surface area contributed by atoms with Crippen LogP contribution in [0.15, 0.2) is 45.3 Å². The number of nitrogens with one attached hydrogen (secondary N) is 2. The second-order valence-electron chi connectivity index (χ2n) is 6.58. The zero-order valence-corrected chi connectivity index (χ0v) is 15.5. The van der Waals surface area contributed by atoms with E-state index in [2.05, 4.69) is 10.3 Å². The van der Waals surface area contributed by atoms with Gasteiger partial charge >= 0.3 is 5.69 Å². The predicted molar refractivity (Wildman–Crippen MR) is 102 cm³/mol. The first-order chi connectivity index (χ1) is 12.9. The molecule has 1 aromatic heterocycles. The van der Waals surface area contributed by atoms with Crippen molar-refractivity contribution in [3.63, 3.8) is 0 Å². The number of hydrogen-bond acceptors (Lipinski definition) is 5. The number of aromatic nitrogens is 2. The molecular formula is C18H21N3O5S. The lowest BCUT2D eigenvalue weighted by molar-refractivity contribution is -0.121. The van der Waals surface area contributed by atoms with E-state index in [-0.39, 0.29) is 30.2 Å². The van der Waals surface area contributed by atoms with Gasteiger partial charge in [-0.15, -0.1) is 0 Å². The van der Waals surface area contributed by atoms with Gasteiger partial charge in [0.1, 0.15) is 0 Å². The zero-order valence-electron chi connectivity index (χ0n) is 14.7. The molecule has 9 heteroatoms. The summed E-state index contributed by atoms with van der Waals surface area (Å²) < 4.78 is 23.8. The molecule has 1 atom stereocenters. The number of carbonyl (C=O) groups excluding carboxylic acids is 1. The summed E-state index contributed by atoms with van der Waals surface area (Å²) in [5, 5.41) is 4.26. The van der Waals surface area contributed by atoms with Crippen LogP contribution in [0, 0.1) is 0 Å². The molecule has 0 spiro atoms. The highest BCUT2D eigenvalue weighted by molar-refractivity contribution is 7.94. The monoisotopic (exact) mass is 391 g/mol. The Morgan fingerprint density at radius 2 is 1.96 bits per heavy atom. The van der Waals surface area contributed by atoms with Crippen LogP contribution >= 0.6 is 0 Å². The SMILES string of the molecule is O=C(CCCCCn1c(=O)[nH]c2ccccc2c1=O)N[C@H]1C=CS(=O)(=O)C1. The number of hydrogen-bond donors (Lipinski definition) is 2. The number of aromatic amines is 1. The van der Waals surface area contributed by atoms with Crippen LogP contribution in [-0.4, -0.2) is 35.7 Å². The number of H-pyrrole nitrogens is 1. The highest BCUT2D eigenvalue weighted by Gasteiger charge is 2.22. The molecule has 1 aliphatic heterocycles. The molecule has 27 heavy (non-hydrogen) atoms. The number of unbranched alkanes of at least 4 members (excludes halogenated alkanes) is 2. The van der Waals surface area contributed by atoms with Crippen LogP contribution in [0.1, 0.15) is 25.7 Å². The molecule has 0 saturated heterocycles. The highest BCUT2D eigenvalue weighted by Crippen LogP contribution is 2.09. The number of nitrogens with zero attached hydrogens (tertiary/aromatic N) is 1. The van der Waals surface area contributed by atoms with Gasteiger partial charge in [-0.2, -0.15) is 0 Å². The Bertz CT molecular complexity index is 1100. The Morgan fingerprint density at radius 3 is 2.70 bits per heavy atom. The molecule has 1 amide bonds. The number of rotatable bonds is 7. The number of fused-ring (bicyclic) bond motifs is 1. The third-order valence-electron chi connectivity index (χ3n) is 4.45. The van der Waals surface area contributed by atoms with Gasteiger partial charge in [0, 0.05) is 18.4 Å². The van der Waals surface area contributed by atoms with Crippen molar-refractivity contribution >= 4 is 26.6 Å². The molecule has 0 unspecified atom stereocenters. The first-order valence-corrected chi connectivity index (χ1v) is 10.5. The van der Waals surface area contributed by atoms with Gasteiger partial charge in [-0.3, -0.25) is 14.2 Å². The summed E-state index contributed by atoms with van der Waals surface area (Å²) in [6, 6.07) is 6.40. The third kappa shape index (κ3) is 4.73. The Balaban J connectivity index is 1.46. The maximum atomic E-state index is 12.4. The van der Waals surface area contributed by atoms with Crippen molar-refractivity contribution < 1.29 is 13.2 Å². The van der Waals surface area contributed by atoms with E-state index in [1.54, 1.807) is 24.3 Å². The van der Waals surface area contributed by atoms with Crippen LogP contribution in [0.3, 0.4) is 0 Å². The summed E-state index contributed by atoms with van der Waals surface area (Å²) in [7, 11) is -3.18. The van der Waals surface area contributed by atoms with E-state index in [1.807, 2.05) is 0 Å². The van der Waals surface area contributed by atoms with Crippen molar-refractivity contribution in [1.82, 2.24) is 14.9 Å². The lowest BCUT2D eigenvalue weighted by Crippen LogP contribution is -2.35. The van der Waals surface area contributed by atoms with Crippen LogP contribution in [0.25, 0.3) is 10.9 Å². The predicted octanol–water partition coefficient (Wildman–Crippen LogP) is 0.677. The van der Waals surface area contributed by atoms with Gasteiger partial charge in [-0.05, 0) is 31.1 Å². The fourth-order valence-electron chi connectivity index (χ4n) is 3.08. The second kappa shape index (κ2) is 7.91. The molecule has 0 bridgehead atoms. The van der Waals surface area contributed by atoms with Crippen LogP contribution < -0.4 is 16.6 Å². The van der Waals surface area contributed by atoms with Crippen LogP contribution in [0.4, 0.5) is 0 Å². The summed E-state index contributed by atoms with van der Waals surface area (Å²) in [5.74, 6) is -0.297. The maximum absolute atomic E-state index is 12.4. The molecule has 0 saturated carbocycles. The molecular weight excluding hydrogens is 370 g/mol. The minimum atomic E-state index is -3.18. The van der Waals surface area contributed by atoms with Gasteiger partial charge in [0.2, 0.25) is 5.91 Å². The third-order valence-corrected chi connectivity index (χ3v) is 5.85. The first-order valence-electron chi connectivity index (χ1n) is 8.78. The van der Waals surface area contributed by atoms with Crippen molar-refractivity contribution in [2.75, 3.05) is 5.75 Å². The number of sulfone groups is 1. The van der Waals surface area contributed by atoms with E-state index < -0.39 is 21.6 Å². The average Bonchev–Trinajstić information content (AvgIpc) is 2.95. The van der Waals surface area contributed by atoms with Crippen molar-refractivity contribution in [3.05, 3.63) is 56.6 Å². The molecule has 1 aromatic carbocycles. The molecule has 3 rings (SSSR count). The van der Waals surface area contributed by atoms with Crippen LogP contribution in [-0.2, 0) is 21.2 Å². The van der Waals surface area contributed by atoms with Crippen molar-refractivity contribution in [2.45, 2.75) is 38.3 Å². The molecule has 2 aromatic rings. The van der Waals surface area contributed by atoms with Gasteiger partial charge < -0.3 is 10.3 Å². The Labute approximate surface area is 155 Å². The Kier molecular flexibility index (Phi) is 5.59. The fraction of sp³-hybridized carbons (Fsp3) is 0.389. The van der Waals surface area contributed by atoms with Gasteiger partial charge in [-0.25, -0.2) is 13.2 Å². The van der Waals surface area contributed by atoms with Crippen molar-refractivity contribution in [1.29, 1.82) is 0 Å². The zero-order chi connectivity index (χ0) is 19.4. The quantitative estimate of drug-likeness (QED) is 0.673. The Hall–Kier alpha value is -2.68. The summed E-state index contributed by atoms with van der Waals surface area (Å²) in [5.41, 5.74) is -0.240. The lowest BCUT2D eigenvalue weighted by Gasteiger charge is -2.10. The number of para-hydroxylation sites is 1. The highest BCUT2D eigenvalue weighted by atomic mass is 32.2. The molecule has 1 aliphatic rings. The summed E-state index contributed by atoms with van der Waals surface area (Å²) in [6.45, 7) is 0.282. The smallest absolute Gasteiger partial charge is 0.328 e. The molecule has 144 valence electrons. The standard InChI is InChI=1S/C18H21N3O5S/c22-16(19-13-9-11-27(25,26)12-13)8-2-1-5-10-21-17(23)14-6-3-4-7-15(14)20-18(21)24/h3-4,6-7,9,11,13H,1-2,5,8,10,12H2,(H,19,22)(H,20,24)/t13-/m0/s1. The fourth-order valence-corrected chi connectivity index (χ4v) is 4.31. The van der Waals surface area contributed by atoms with Crippen LogP contribution in [0.2, 0.25) is 0 Å². The molecule has 8 nitrogen and oxygen atoms in total. The minimum Gasteiger partial charge on any atom is -0.349 e. The number of carbonyl (C=O) groups is 1. The van der Waals surface area contributed by atoms with Crippen molar-refractivity contribution in [2.24, 2.45) is 0 Å². The summed E-state index contributed by atoms with van der Waals surface area (Å²) in [4.78, 5) is 39.0. The van der Waals surface area contributed by atoms with E-state index in [0.29, 0.717) is 30.2 Å². The minimum absolute atomic E-state index is 0.0909. The number of amides is 1. The van der Waals surface area contributed by atoms with Gasteiger partial charge in [0.25, 0.3) is 5.56 Å². The van der Waals surface area contributed by atoms with Crippen molar-refractivity contribution in [3.8, 4) is 0 Å². The molecule has 0 radical (unpaired) electrons. The first kappa shape index (κ1) is 19.1. The normalized spacial score (nSPS) is 18.0.